The third-order valence-electron chi connectivity index (χ3n) is 4.64. The highest BCUT2D eigenvalue weighted by Crippen LogP contribution is 2.21. The maximum atomic E-state index is 10.5. The first-order valence-corrected chi connectivity index (χ1v) is 9.83. The summed E-state index contributed by atoms with van der Waals surface area (Å²) < 4.78 is 0. The van der Waals surface area contributed by atoms with Crippen LogP contribution in [0.4, 0.5) is 0 Å². The zero-order valence-corrected chi connectivity index (χ0v) is 17.5. The number of aromatic nitrogens is 2. The molecule has 0 spiro atoms. The summed E-state index contributed by atoms with van der Waals surface area (Å²) in [7, 11) is 0. The standard InChI is InChI=1S/C22H28N4O3/c1-15-7-5-9-19(23-15)17(3)25-28-13-22(4,27)14-29-26-20-10-6-8-18-12-11-16(2)24-21(18)20/h5,7,9,11-12,27H,6,8,10,13-14H2,1-4H3/b25-17+,26-20-. The highest BCUT2D eigenvalue weighted by molar-refractivity contribution is 6.00. The van der Waals surface area contributed by atoms with Crippen LogP contribution in [0.2, 0.25) is 0 Å². The van der Waals surface area contributed by atoms with Crippen molar-refractivity contribution in [3.63, 3.8) is 0 Å². The van der Waals surface area contributed by atoms with Gasteiger partial charge in [-0.05, 0) is 70.7 Å². The van der Waals surface area contributed by atoms with Crippen LogP contribution in [0.25, 0.3) is 0 Å². The number of hydrogen-bond donors (Lipinski definition) is 1. The van der Waals surface area contributed by atoms with Crippen LogP contribution in [-0.4, -0.2) is 45.3 Å². The highest BCUT2D eigenvalue weighted by Gasteiger charge is 2.24. The second kappa shape index (κ2) is 9.13. The monoisotopic (exact) mass is 396 g/mol. The molecule has 154 valence electrons. The van der Waals surface area contributed by atoms with Crippen LogP contribution >= 0.6 is 0 Å². The Balaban J connectivity index is 1.55. The van der Waals surface area contributed by atoms with E-state index in [1.54, 1.807) is 6.92 Å². The fourth-order valence-electron chi connectivity index (χ4n) is 3.04. The Morgan fingerprint density at radius 1 is 1.07 bits per heavy atom. The summed E-state index contributed by atoms with van der Waals surface area (Å²) in [6.07, 6.45) is 2.83. The summed E-state index contributed by atoms with van der Waals surface area (Å²) in [4.78, 5) is 19.8. The zero-order valence-electron chi connectivity index (χ0n) is 17.5. The summed E-state index contributed by atoms with van der Waals surface area (Å²) in [6, 6.07) is 9.81. The molecule has 0 aromatic carbocycles. The fourth-order valence-corrected chi connectivity index (χ4v) is 3.04. The van der Waals surface area contributed by atoms with E-state index in [1.165, 1.54) is 5.56 Å². The van der Waals surface area contributed by atoms with Gasteiger partial charge in [-0.1, -0.05) is 22.4 Å². The Kier molecular flexibility index (Phi) is 6.59. The van der Waals surface area contributed by atoms with Crippen LogP contribution in [0.1, 0.15) is 55.0 Å². The van der Waals surface area contributed by atoms with E-state index in [9.17, 15) is 5.11 Å². The zero-order chi connectivity index (χ0) is 20.9. The third kappa shape index (κ3) is 5.84. The van der Waals surface area contributed by atoms with E-state index >= 15 is 0 Å². The normalized spacial score (nSPS) is 17.6. The van der Waals surface area contributed by atoms with E-state index in [1.807, 2.05) is 45.0 Å². The molecule has 0 bridgehead atoms. The Bertz CT molecular complexity index is 922. The summed E-state index contributed by atoms with van der Waals surface area (Å²) in [5.74, 6) is 0. The van der Waals surface area contributed by atoms with Gasteiger partial charge in [0.05, 0.1) is 11.4 Å². The van der Waals surface area contributed by atoms with Gasteiger partial charge in [-0.2, -0.15) is 0 Å². The van der Waals surface area contributed by atoms with E-state index in [0.29, 0.717) is 5.71 Å². The van der Waals surface area contributed by atoms with Gasteiger partial charge in [-0.25, -0.2) is 0 Å². The largest absolute Gasteiger partial charge is 0.392 e. The molecular weight excluding hydrogens is 368 g/mol. The van der Waals surface area contributed by atoms with Crippen LogP contribution in [0, 0.1) is 13.8 Å². The number of pyridine rings is 2. The molecule has 0 saturated heterocycles. The van der Waals surface area contributed by atoms with Gasteiger partial charge in [-0.15, -0.1) is 0 Å². The average molecular weight is 396 g/mol. The van der Waals surface area contributed by atoms with Crippen molar-refractivity contribution >= 4 is 11.4 Å². The van der Waals surface area contributed by atoms with Gasteiger partial charge in [0.2, 0.25) is 0 Å². The van der Waals surface area contributed by atoms with Crippen LogP contribution in [-0.2, 0) is 16.1 Å². The van der Waals surface area contributed by atoms with Crippen molar-refractivity contribution in [2.24, 2.45) is 10.3 Å². The second-order valence-corrected chi connectivity index (χ2v) is 7.74. The van der Waals surface area contributed by atoms with Gasteiger partial charge in [0.1, 0.15) is 30.2 Å². The summed E-state index contributed by atoms with van der Waals surface area (Å²) in [6.45, 7) is 7.30. The smallest absolute Gasteiger partial charge is 0.149 e. The lowest BCUT2D eigenvalue weighted by atomic mass is 9.94. The van der Waals surface area contributed by atoms with Gasteiger partial charge in [0, 0.05) is 11.4 Å². The van der Waals surface area contributed by atoms with Gasteiger partial charge in [-0.3, -0.25) is 9.97 Å². The molecule has 1 atom stereocenters. The Labute approximate surface area is 171 Å². The first-order valence-electron chi connectivity index (χ1n) is 9.83. The molecule has 29 heavy (non-hydrogen) atoms. The quantitative estimate of drug-likeness (QED) is 0.573. The Morgan fingerprint density at radius 2 is 1.83 bits per heavy atom. The van der Waals surface area contributed by atoms with Crippen molar-refractivity contribution in [2.45, 2.75) is 52.6 Å². The Morgan fingerprint density at radius 3 is 2.62 bits per heavy atom. The third-order valence-corrected chi connectivity index (χ3v) is 4.64. The van der Waals surface area contributed by atoms with Crippen LogP contribution in [0.15, 0.2) is 40.6 Å². The van der Waals surface area contributed by atoms with Crippen LogP contribution in [0.3, 0.4) is 0 Å². The second-order valence-electron chi connectivity index (χ2n) is 7.74. The number of aryl methyl sites for hydroxylation is 3. The fraction of sp³-hybridized carbons (Fsp3) is 0.455. The molecule has 0 fully saturated rings. The van der Waals surface area contributed by atoms with Crippen LogP contribution < -0.4 is 0 Å². The van der Waals surface area contributed by atoms with Crippen molar-refractivity contribution in [1.29, 1.82) is 0 Å². The van der Waals surface area contributed by atoms with Gasteiger partial charge in [0.15, 0.2) is 0 Å². The summed E-state index contributed by atoms with van der Waals surface area (Å²) >= 11 is 0. The average Bonchev–Trinajstić information content (AvgIpc) is 2.68. The van der Waals surface area contributed by atoms with Crippen LogP contribution in [0.5, 0.6) is 0 Å². The number of rotatable bonds is 7. The van der Waals surface area contributed by atoms with E-state index in [-0.39, 0.29) is 13.2 Å². The first-order chi connectivity index (χ1) is 13.8. The lowest BCUT2D eigenvalue weighted by molar-refractivity contribution is -0.0832. The van der Waals surface area contributed by atoms with Crippen molar-refractivity contribution in [3.8, 4) is 0 Å². The molecule has 1 unspecified atom stereocenters. The number of nitrogens with zero attached hydrogens (tertiary/aromatic N) is 4. The molecule has 2 heterocycles. The number of fused-ring (bicyclic) bond motifs is 1. The molecule has 0 aliphatic heterocycles. The molecule has 2 aromatic heterocycles. The maximum Gasteiger partial charge on any atom is 0.149 e. The lowest BCUT2D eigenvalue weighted by Gasteiger charge is -2.21. The van der Waals surface area contributed by atoms with Gasteiger partial charge in [0.25, 0.3) is 0 Å². The topological polar surface area (TPSA) is 89.2 Å². The lowest BCUT2D eigenvalue weighted by Crippen LogP contribution is -2.35. The molecule has 2 aromatic rings. The number of hydrogen-bond acceptors (Lipinski definition) is 7. The molecule has 3 rings (SSSR count). The minimum absolute atomic E-state index is 0.00505. The molecule has 0 saturated carbocycles. The van der Waals surface area contributed by atoms with E-state index < -0.39 is 5.60 Å². The molecule has 1 aliphatic rings. The molecule has 1 N–H and O–H groups in total. The van der Waals surface area contributed by atoms with Gasteiger partial charge < -0.3 is 14.8 Å². The molecule has 7 nitrogen and oxygen atoms in total. The predicted octanol–water partition coefficient (Wildman–Crippen LogP) is 3.34. The van der Waals surface area contributed by atoms with Crippen molar-refractivity contribution in [3.05, 3.63) is 58.7 Å². The number of oxime groups is 2. The SMILES string of the molecule is C/C(=N\OCC(C)(O)CO/N=C1/CCCc2ccc(C)nc21)c1cccc(C)n1. The molecule has 0 radical (unpaired) electrons. The highest BCUT2D eigenvalue weighted by atomic mass is 16.7. The van der Waals surface area contributed by atoms with E-state index in [2.05, 4.69) is 26.3 Å². The summed E-state index contributed by atoms with van der Waals surface area (Å²) in [5.41, 5.74) is 4.93. The minimum Gasteiger partial charge on any atom is -0.392 e. The number of aliphatic hydroxyl groups is 1. The predicted molar refractivity (Wildman–Crippen MR) is 112 cm³/mol. The maximum absolute atomic E-state index is 10.5. The first kappa shape index (κ1) is 20.9. The van der Waals surface area contributed by atoms with E-state index in [4.69, 9.17) is 9.68 Å². The summed E-state index contributed by atoms with van der Waals surface area (Å²) in [5, 5.41) is 18.8. The van der Waals surface area contributed by atoms with Crippen molar-refractivity contribution in [1.82, 2.24) is 9.97 Å². The molecule has 0 amide bonds. The molecular formula is C22H28N4O3. The molecule has 7 heteroatoms. The van der Waals surface area contributed by atoms with Crippen molar-refractivity contribution < 1.29 is 14.8 Å². The van der Waals surface area contributed by atoms with E-state index in [0.717, 1.165) is 47.7 Å². The minimum atomic E-state index is -1.23. The molecule has 1 aliphatic carbocycles. The van der Waals surface area contributed by atoms with Crippen molar-refractivity contribution in [2.75, 3.05) is 13.2 Å². The van der Waals surface area contributed by atoms with Gasteiger partial charge >= 0.3 is 0 Å². The Hall–Kier alpha value is -2.80.